The molecule has 0 amide bonds. The van der Waals surface area contributed by atoms with Crippen LogP contribution in [-0.4, -0.2) is 35.4 Å². The van der Waals surface area contributed by atoms with Crippen molar-refractivity contribution >= 4 is 18.0 Å². The molecular weight excluding hydrogens is 367 g/mol. The standard InChI is InChI=1S/C18H23FN6OS/c1-24-16(21)15(11-20)17(25(2)18(24)27)23-8-10-26-9-7-22-12-13-3-5-14(19)6-4-13/h3-6,21-23H,7-10,12H2,1-2H3. The molecule has 9 heteroatoms. The van der Waals surface area contributed by atoms with Crippen molar-refractivity contribution in [2.75, 3.05) is 31.6 Å². The van der Waals surface area contributed by atoms with Gasteiger partial charge in [-0.3, -0.25) is 5.41 Å². The molecule has 1 aromatic carbocycles. The van der Waals surface area contributed by atoms with Crippen LogP contribution in [0.4, 0.5) is 10.2 Å². The van der Waals surface area contributed by atoms with Gasteiger partial charge in [0.25, 0.3) is 0 Å². The van der Waals surface area contributed by atoms with E-state index in [1.807, 2.05) is 6.07 Å². The van der Waals surface area contributed by atoms with Crippen LogP contribution in [0.1, 0.15) is 11.1 Å². The molecule has 7 nitrogen and oxygen atoms in total. The zero-order chi connectivity index (χ0) is 19.8. The van der Waals surface area contributed by atoms with E-state index < -0.39 is 0 Å². The monoisotopic (exact) mass is 390 g/mol. The van der Waals surface area contributed by atoms with Crippen LogP contribution in [0.5, 0.6) is 0 Å². The van der Waals surface area contributed by atoms with Crippen molar-refractivity contribution in [3.8, 4) is 6.07 Å². The lowest BCUT2D eigenvalue weighted by Crippen LogP contribution is -2.28. The molecule has 144 valence electrons. The summed E-state index contributed by atoms with van der Waals surface area (Å²) in [6.45, 7) is 2.79. The molecule has 2 rings (SSSR count). The summed E-state index contributed by atoms with van der Waals surface area (Å²) in [6.07, 6.45) is 0. The van der Waals surface area contributed by atoms with Crippen molar-refractivity contribution in [1.29, 1.82) is 10.7 Å². The average Bonchev–Trinajstić information content (AvgIpc) is 2.67. The van der Waals surface area contributed by atoms with Gasteiger partial charge in [0.15, 0.2) is 4.77 Å². The molecule has 3 N–H and O–H groups in total. The number of nitrogens with one attached hydrogen (secondary N) is 3. The normalized spacial score (nSPS) is 10.6. The van der Waals surface area contributed by atoms with Crippen LogP contribution in [0.3, 0.4) is 0 Å². The second kappa shape index (κ2) is 9.97. The van der Waals surface area contributed by atoms with Crippen LogP contribution < -0.4 is 16.1 Å². The second-order valence-corrected chi connectivity index (χ2v) is 6.29. The zero-order valence-electron chi connectivity index (χ0n) is 15.4. The number of halogens is 1. The highest BCUT2D eigenvalue weighted by atomic mass is 32.1. The van der Waals surface area contributed by atoms with Gasteiger partial charge in [-0.25, -0.2) is 4.39 Å². The Morgan fingerprint density at radius 2 is 1.85 bits per heavy atom. The van der Waals surface area contributed by atoms with Gasteiger partial charge < -0.3 is 24.5 Å². The van der Waals surface area contributed by atoms with Crippen molar-refractivity contribution in [2.45, 2.75) is 6.54 Å². The highest BCUT2D eigenvalue weighted by Crippen LogP contribution is 2.09. The Morgan fingerprint density at radius 1 is 1.19 bits per heavy atom. The van der Waals surface area contributed by atoms with Crippen LogP contribution >= 0.6 is 12.2 Å². The fourth-order valence-electron chi connectivity index (χ4n) is 2.50. The fourth-order valence-corrected chi connectivity index (χ4v) is 2.68. The number of ether oxygens (including phenoxy) is 1. The average molecular weight is 390 g/mol. The van der Waals surface area contributed by atoms with Crippen molar-refractivity contribution in [3.63, 3.8) is 0 Å². The first-order chi connectivity index (χ1) is 13.0. The molecule has 0 bridgehead atoms. The summed E-state index contributed by atoms with van der Waals surface area (Å²) < 4.78 is 22.0. The van der Waals surface area contributed by atoms with Crippen molar-refractivity contribution < 1.29 is 9.13 Å². The minimum absolute atomic E-state index is 0.0778. The zero-order valence-corrected chi connectivity index (χ0v) is 16.2. The lowest BCUT2D eigenvalue weighted by molar-refractivity contribution is 0.145. The number of rotatable bonds is 9. The quantitative estimate of drug-likeness (QED) is 0.449. The van der Waals surface area contributed by atoms with Crippen molar-refractivity contribution in [3.05, 3.63) is 51.5 Å². The summed E-state index contributed by atoms with van der Waals surface area (Å²) >= 11 is 5.27. The molecule has 0 unspecified atom stereocenters. The first kappa shape index (κ1) is 20.8. The third-order valence-electron chi connectivity index (χ3n) is 4.03. The van der Waals surface area contributed by atoms with E-state index in [1.54, 1.807) is 30.8 Å². The predicted octanol–water partition coefficient (Wildman–Crippen LogP) is 1.80. The van der Waals surface area contributed by atoms with E-state index >= 15 is 0 Å². The first-order valence-electron chi connectivity index (χ1n) is 8.47. The maximum absolute atomic E-state index is 12.8. The topological polar surface area (TPSA) is 90.8 Å². The largest absolute Gasteiger partial charge is 0.378 e. The maximum Gasteiger partial charge on any atom is 0.182 e. The summed E-state index contributed by atoms with van der Waals surface area (Å²) in [7, 11) is 3.42. The fraction of sp³-hybridized carbons (Fsp3) is 0.389. The van der Waals surface area contributed by atoms with Crippen LogP contribution in [0.15, 0.2) is 24.3 Å². The Balaban J connectivity index is 1.73. The first-order valence-corrected chi connectivity index (χ1v) is 8.88. The van der Waals surface area contributed by atoms with Crippen LogP contribution in [0.2, 0.25) is 0 Å². The van der Waals surface area contributed by atoms with Gasteiger partial charge in [0.1, 0.15) is 28.8 Å². The SMILES string of the molecule is Cn1c(NCCOCCNCc2ccc(F)cc2)c(C#N)c(=N)n(C)c1=S. The molecule has 0 aliphatic carbocycles. The Kier molecular flexibility index (Phi) is 7.67. The van der Waals surface area contributed by atoms with Crippen molar-refractivity contribution in [1.82, 2.24) is 14.5 Å². The summed E-state index contributed by atoms with van der Waals surface area (Å²) in [5.41, 5.74) is 1.33. The minimum atomic E-state index is -0.240. The Hall–Kier alpha value is -2.54. The van der Waals surface area contributed by atoms with Gasteiger partial charge in [-0.2, -0.15) is 5.26 Å². The molecular formula is C18H23FN6OS. The number of hydrogen-bond acceptors (Lipinski definition) is 6. The predicted molar refractivity (Wildman–Crippen MR) is 103 cm³/mol. The minimum Gasteiger partial charge on any atom is -0.378 e. The van der Waals surface area contributed by atoms with Gasteiger partial charge in [-0.1, -0.05) is 12.1 Å². The van der Waals surface area contributed by atoms with Crippen LogP contribution in [0, 0.1) is 27.3 Å². The third-order valence-corrected chi connectivity index (χ3v) is 4.58. The molecule has 0 aliphatic rings. The molecule has 1 heterocycles. The highest BCUT2D eigenvalue weighted by Gasteiger charge is 2.10. The van der Waals surface area contributed by atoms with E-state index in [9.17, 15) is 9.65 Å². The van der Waals surface area contributed by atoms with Gasteiger partial charge in [0.05, 0.1) is 13.2 Å². The number of aromatic nitrogens is 2. The van der Waals surface area contributed by atoms with E-state index in [4.69, 9.17) is 22.4 Å². The molecule has 0 spiro atoms. The van der Waals surface area contributed by atoms with Gasteiger partial charge >= 0.3 is 0 Å². The van der Waals surface area contributed by atoms with Gasteiger partial charge in [0, 0.05) is 33.7 Å². The van der Waals surface area contributed by atoms with E-state index in [1.165, 1.54) is 16.7 Å². The molecule has 2 aromatic rings. The number of nitrogens with zero attached hydrogens (tertiary/aromatic N) is 3. The second-order valence-electron chi connectivity index (χ2n) is 5.93. The number of hydrogen-bond donors (Lipinski definition) is 3. The summed E-state index contributed by atoms with van der Waals surface area (Å²) in [4.78, 5) is 0. The summed E-state index contributed by atoms with van der Waals surface area (Å²) in [5.74, 6) is 0.277. The lowest BCUT2D eigenvalue weighted by atomic mass is 10.2. The lowest BCUT2D eigenvalue weighted by Gasteiger charge is -2.16. The number of anilines is 1. The van der Waals surface area contributed by atoms with E-state index in [0.717, 1.165) is 5.56 Å². The number of nitriles is 1. The summed E-state index contributed by atoms with van der Waals surface area (Å²) in [5, 5.41) is 23.7. The number of benzene rings is 1. The Morgan fingerprint density at radius 3 is 2.52 bits per heavy atom. The molecule has 0 saturated carbocycles. The van der Waals surface area contributed by atoms with E-state index in [2.05, 4.69) is 10.6 Å². The van der Waals surface area contributed by atoms with Crippen LogP contribution in [-0.2, 0) is 25.4 Å². The molecule has 27 heavy (non-hydrogen) atoms. The summed E-state index contributed by atoms with van der Waals surface area (Å²) in [6, 6.07) is 8.41. The van der Waals surface area contributed by atoms with Crippen LogP contribution in [0.25, 0.3) is 0 Å². The van der Waals surface area contributed by atoms with Gasteiger partial charge in [0.2, 0.25) is 0 Å². The smallest absolute Gasteiger partial charge is 0.182 e. The molecule has 1 aromatic heterocycles. The third kappa shape index (κ3) is 5.47. The Bertz CT molecular complexity index is 929. The molecule has 0 saturated heterocycles. The van der Waals surface area contributed by atoms with E-state index in [-0.39, 0.29) is 16.9 Å². The molecule has 0 fully saturated rings. The van der Waals surface area contributed by atoms with Gasteiger partial charge in [-0.05, 0) is 29.9 Å². The molecule has 0 aliphatic heterocycles. The maximum atomic E-state index is 12.8. The van der Waals surface area contributed by atoms with Crippen molar-refractivity contribution in [2.24, 2.45) is 14.1 Å². The molecule has 0 radical (unpaired) electrons. The molecule has 0 atom stereocenters. The Labute approximate surface area is 162 Å². The van der Waals surface area contributed by atoms with Gasteiger partial charge in [-0.15, -0.1) is 0 Å². The highest BCUT2D eigenvalue weighted by molar-refractivity contribution is 7.71. The van der Waals surface area contributed by atoms with E-state index in [0.29, 0.717) is 43.4 Å².